The van der Waals surface area contributed by atoms with Crippen LogP contribution in [0.3, 0.4) is 0 Å². The number of ketones is 1. The van der Waals surface area contributed by atoms with E-state index in [2.05, 4.69) is 23.1 Å². The Labute approximate surface area is 158 Å². The van der Waals surface area contributed by atoms with Crippen molar-refractivity contribution >= 4 is 17.1 Å². The molecule has 4 heteroatoms. The van der Waals surface area contributed by atoms with Crippen molar-refractivity contribution in [2.45, 2.75) is 38.6 Å². The molecule has 0 saturated carbocycles. The summed E-state index contributed by atoms with van der Waals surface area (Å²) in [4.78, 5) is 14.8. The van der Waals surface area contributed by atoms with Crippen molar-refractivity contribution in [3.63, 3.8) is 0 Å². The molecule has 2 aromatic rings. The van der Waals surface area contributed by atoms with E-state index in [4.69, 9.17) is 4.74 Å². The Morgan fingerprint density at radius 1 is 1.11 bits per heavy atom. The molecular formula is C23H22FNO2. The second-order valence-electron chi connectivity index (χ2n) is 7.72. The largest absolute Gasteiger partial charge is 0.487 e. The van der Waals surface area contributed by atoms with Crippen LogP contribution in [0.4, 0.5) is 4.39 Å². The number of hydrogen-bond donors (Lipinski definition) is 0. The van der Waals surface area contributed by atoms with E-state index in [9.17, 15) is 9.18 Å². The molecule has 2 aromatic carbocycles. The fraction of sp³-hybridized carbons (Fsp3) is 0.348. The summed E-state index contributed by atoms with van der Waals surface area (Å²) in [6.45, 7) is 2.73. The number of likely N-dealkylation sites (tertiary alicyclic amines) is 1. The van der Waals surface area contributed by atoms with Gasteiger partial charge < -0.3 is 4.74 Å². The number of benzene rings is 2. The van der Waals surface area contributed by atoms with E-state index in [0.717, 1.165) is 41.8 Å². The molecule has 0 bridgehead atoms. The van der Waals surface area contributed by atoms with Crippen LogP contribution in [0.5, 0.6) is 0 Å². The lowest BCUT2D eigenvalue weighted by molar-refractivity contribution is -0.112. The average molecular weight is 363 g/mol. The van der Waals surface area contributed by atoms with Crippen molar-refractivity contribution in [3.8, 4) is 0 Å². The Balaban J connectivity index is 1.46. The molecule has 27 heavy (non-hydrogen) atoms. The van der Waals surface area contributed by atoms with Crippen LogP contribution in [-0.4, -0.2) is 29.9 Å². The van der Waals surface area contributed by atoms with E-state index in [1.807, 2.05) is 24.3 Å². The number of halogens is 1. The summed E-state index contributed by atoms with van der Waals surface area (Å²) in [5.41, 5.74) is 6.09. The number of allylic oxidation sites excluding steroid dienone is 1. The second-order valence-corrected chi connectivity index (χ2v) is 7.72. The van der Waals surface area contributed by atoms with Gasteiger partial charge in [0.1, 0.15) is 18.5 Å². The van der Waals surface area contributed by atoms with Crippen LogP contribution in [0, 0.1) is 0 Å². The number of alkyl halides is 1. The monoisotopic (exact) mass is 363 g/mol. The predicted octanol–water partition coefficient (Wildman–Crippen LogP) is 4.14. The zero-order chi connectivity index (χ0) is 18.4. The maximum atomic E-state index is 13.6. The SMILES string of the molecule is O=C1Cc2ccccc2/C1=C1\OCc2cc(CN3CCCC(F)C3)ccc21. The standard InChI is InChI=1S/C23H22FNO2/c24-18-5-3-9-25(13-18)12-15-7-8-20-17(10-15)14-27-23(20)22-19-6-2-1-4-16(19)11-21(22)26/h1-2,4,6-8,10,18H,3,5,9,11-14H2/b23-22+. The zero-order valence-corrected chi connectivity index (χ0v) is 15.2. The van der Waals surface area contributed by atoms with Crippen LogP contribution in [0.2, 0.25) is 0 Å². The van der Waals surface area contributed by atoms with Gasteiger partial charge in [-0.2, -0.15) is 0 Å². The van der Waals surface area contributed by atoms with Crippen LogP contribution in [0.25, 0.3) is 11.3 Å². The van der Waals surface area contributed by atoms with Gasteiger partial charge in [0, 0.05) is 30.6 Å². The molecule has 138 valence electrons. The first-order valence-electron chi connectivity index (χ1n) is 9.66. The molecule has 1 saturated heterocycles. The Bertz CT molecular complexity index is 949. The van der Waals surface area contributed by atoms with Crippen LogP contribution in [0.15, 0.2) is 42.5 Å². The van der Waals surface area contributed by atoms with Gasteiger partial charge in [-0.25, -0.2) is 4.39 Å². The van der Waals surface area contributed by atoms with Gasteiger partial charge in [-0.05, 0) is 36.1 Å². The van der Waals surface area contributed by atoms with Crippen LogP contribution >= 0.6 is 0 Å². The lowest BCUT2D eigenvalue weighted by Crippen LogP contribution is -2.35. The highest BCUT2D eigenvalue weighted by atomic mass is 19.1. The number of nitrogens with zero attached hydrogens (tertiary/aromatic N) is 1. The van der Waals surface area contributed by atoms with E-state index in [0.29, 0.717) is 37.3 Å². The third-order valence-corrected chi connectivity index (χ3v) is 5.78. The van der Waals surface area contributed by atoms with Crippen molar-refractivity contribution in [3.05, 3.63) is 70.3 Å². The van der Waals surface area contributed by atoms with Gasteiger partial charge >= 0.3 is 0 Å². The number of hydrogen-bond acceptors (Lipinski definition) is 3. The molecule has 1 unspecified atom stereocenters. The molecule has 0 amide bonds. The van der Waals surface area contributed by atoms with Crippen molar-refractivity contribution in [2.75, 3.05) is 13.1 Å². The molecule has 0 spiro atoms. The number of carbonyl (C=O) groups excluding carboxylic acids is 1. The number of piperidine rings is 1. The summed E-state index contributed by atoms with van der Waals surface area (Å²) < 4.78 is 19.6. The second kappa shape index (κ2) is 6.61. The Morgan fingerprint density at radius 3 is 2.89 bits per heavy atom. The van der Waals surface area contributed by atoms with Gasteiger partial charge in [0.15, 0.2) is 5.78 Å². The van der Waals surface area contributed by atoms with Crippen molar-refractivity contribution in [2.24, 2.45) is 0 Å². The smallest absolute Gasteiger partial charge is 0.171 e. The van der Waals surface area contributed by atoms with E-state index in [1.165, 1.54) is 5.56 Å². The molecule has 3 nitrogen and oxygen atoms in total. The van der Waals surface area contributed by atoms with E-state index in [1.54, 1.807) is 0 Å². The van der Waals surface area contributed by atoms with E-state index in [-0.39, 0.29) is 5.78 Å². The summed E-state index contributed by atoms with van der Waals surface area (Å²) in [6.07, 6.45) is 1.35. The molecule has 2 aliphatic heterocycles. The minimum atomic E-state index is -0.707. The third-order valence-electron chi connectivity index (χ3n) is 5.78. The Kier molecular flexibility index (Phi) is 4.09. The Morgan fingerprint density at radius 2 is 2.00 bits per heavy atom. The van der Waals surface area contributed by atoms with Crippen molar-refractivity contribution in [1.29, 1.82) is 0 Å². The highest BCUT2D eigenvalue weighted by Crippen LogP contribution is 2.41. The number of rotatable bonds is 2. The topological polar surface area (TPSA) is 29.5 Å². The third kappa shape index (κ3) is 2.98. The number of carbonyl (C=O) groups is 1. The summed E-state index contributed by atoms with van der Waals surface area (Å²) >= 11 is 0. The summed E-state index contributed by atoms with van der Waals surface area (Å²) in [6, 6.07) is 14.2. The quantitative estimate of drug-likeness (QED) is 0.751. The molecule has 5 rings (SSSR count). The molecule has 0 radical (unpaired) electrons. The van der Waals surface area contributed by atoms with E-state index < -0.39 is 6.17 Å². The normalized spacial score (nSPS) is 24.6. The van der Waals surface area contributed by atoms with Gasteiger partial charge in [0.25, 0.3) is 0 Å². The first-order valence-corrected chi connectivity index (χ1v) is 9.66. The number of ether oxygens (including phenoxy) is 1. The lowest BCUT2D eigenvalue weighted by Gasteiger charge is -2.28. The predicted molar refractivity (Wildman–Crippen MR) is 103 cm³/mol. The highest BCUT2D eigenvalue weighted by Gasteiger charge is 2.32. The molecular weight excluding hydrogens is 341 g/mol. The van der Waals surface area contributed by atoms with Crippen molar-refractivity contribution in [1.82, 2.24) is 4.90 Å². The van der Waals surface area contributed by atoms with E-state index >= 15 is 0 Å². The molecule has 3 aliphatic rings. The number of Topliss-reactive ketones (excluding diaryl/α,β-unsaturated/α-hetero) is 1. The zero-order valence-electron chi connectivity index (χ0n) is 15.2. The maximum absolute atomic E-state index is 13.6. The van der Waals surface area contributed by atoms with Gasteiger partial charge in [-0.3, -0.25) is 9.69 Å². The minimum Gasteiger partial charge on any atom is -0.487 e. The van der Waals surface area contributed by atoms with Crippen LogP contribution in [0.1, 0.15) is 40.7 Å². The molecule has 1 aliphatic carbocycles. The molecule has 1 fully saturated rings. The summed E-state index contributed by atoms with van der Waals surface area (Å²) in [5, 5.41) is 0. The highest BCUT2D eigenvalue weighted by molar-refractivity contribution is 6.31. The Hall–Kier alpha value is -2.46. The molecule has 1 atom stereocenters. The minimum absolute atomic E-state index is 0.130. The van der Waals surface area contributed by atoms with Crippen molar-refractivity contribution < 1.29 is 13.9 Å². The first kappa shape index (κ1) is 16.7. The first-order chi connectivity index (χ1) is 13.2. The summed E-state index contributed by atoms with van der Waals surface area (Å²) in [7, 11) is 0. The summed E-state index contributed by atoms with van der Waals surface area (Å²) in [5.74, 6) is 0.846. The fourth-order valence-corrected chi connectivity index (χ4v) is 4.50. The molecule has 0 aromatic heterocycles. The number of fused-ring (bicyclic) bond motifs is 2. The average Bonchev–Trinajstić information content (AvgIpc) is 3.21. The van der Waals surface area contributed by atoms with Crippen LogP contribution < -0.4 is 0 Å². The van der Waals surface area contributed by atoms with Gasteiger partial charge in [-0.15, -0.1) is 0 Å². The fourth-order valence-electron chi connectivity index (χ4n) is 4.50. The lowest BCUT2D eigenvalue weighted by atomic mass is 9.98. The van der Waals surface area contributed by atoms with Gasteiger partial charge in [0.05, 0.1) is 5.57 Å². The van der Waals surface area contributed by atoms with Gasteiger partial charge in [-0.1, -0.05) is 42.5 Å². The van der Waals surface area contributed by atoms with Crippen LogP contribution in [-0.2, 0) is 29.1 Å². The maximum Gasteiger partial charge on any atom is 0.171 e. The molecule has 0 N–H and O–H groups in total. The van der Waals surface area contributed by atoms with Gasteiger partial charge in [0.2, 0.25) is 0 Å². The molecule has 2 heterocycles.